The van der Waals surface area contributed by atoms with E-state index in [0.717, 1.165) is 21.3 Å². The number of aryl methyl sites for hydroxylation is 2. The van der Waals surface area contributed by atoms with Crippen LogP contribution in [-0.4, -0.2) is 12.6 Å². The Morgan fingerprint density at radius 2 is 1.94 bits per heavy atom. The van der Waals surface area contributed by atoms with Gasteiger partial charge in [0.25, 0.3) is 0 Å². The number of hydrogen-bond acceptors (Lipinski definition) is 1. The molecule has 3 nitrogen and oxygen atoms in total. The van der Waals surface area contributed by atoms with Crippen molar-refractivity contribution in [3.63, 3.8) is 0 Å². The zero-order valence-electron chi connectivity index (χ0n) is 9.68. The molecule has 1 aromatic carbocycles. The summed E-state index contributed by atoms with van der Waals surface area (Å²) in [5.41, 5.74) is 2.97. The van der Waals surface area contributed by atoms with E-state index in [-0.39, 0.29) is 6.03 Å². The molecule has 0 saturated carbocycles. The Labute approximate surface area is 118 Å². The molecular formula is C12H14Br2N2O. The molecule has 0 heterocycles. The quantitative estimate of drug-likeness (QED) is 0.837. The normalized spacial score (nSPS) is 11.2. The van der Waals surface area contributed by atoms with Gasteiger partial charge in [-0.1, -0.05) is 50.1 Å². The van der Waals surface area contributed by atoms with Crippen LogP contribution in [0.1, 0.15) is 11.1 Å². The van der Waals surface area contributed by atoms with Crippen molar-refractivity contribution >= 4 is 43.6 Å². The predicted molar refractivity (Wildman–Crippen MR) is 78.9 cm³/mol. The van der Waals surface area contributed by atoms with Crippen molar-refractivity contribution in [3.8, 4) is 0 Å². The number of halogens is 2. The van der Waals surface area contributed by atoms with Gasteiger partial charge in [-0.2, -0.15) is 0 Å². The first-order chi connectivity index (χ1) is 8.04. The molecule has 5 heteroatoms. The minimum Gasteiger partial charge on any atom is -0.333 e. The van der Waals surface area contributed by atoms with Crippen LogP contribution in [0.4, 0.5) is 10.5 Å². The van der Waals surface area contributed by atoms with Crippen LogP contribution >= 0.6 is 31.9 Å². The third-order valence-corrected chi connectivity index (χ3v) is 3.93. The van der Waals surface area contributed by atoms with Crippen LogP contribution in [-0.2, 0) is 0 Å². The lowest BCUT2D eigenvalue weighted by Crippen LogP contribution is -2.30. The van der Waals surface area contributed by atoms with Gasteiger partial charge in [0.15, 0.2) is 0 Å². The molecule has 0 atom stereocenters. The van der Waals surface area contributed by atoms with E-state index in [0.29, 0.717) is 6.54 Å². The van der Waals surface area contributed by atoms with Crippen LogP contribution < -0.4 is 10.6 Å². The van der Waals surface area contributed by atoms with E-state index in [2.05, 4.69) is 42.5 Å². The first kappa shape index (κ1) is 14.3. The molecule has 0 aromatic heterocycles. The Bertz CT molecular complexity index is 424. The number of carbonyl (C=O) groups is 1. The maximum atomic E-state index is 11.7. The molecule has 0 spiro atoms. The van der Waals surface area contributed by atoms with Crippen molar-refractivity contribution in [2.24, 2.45) is 0 Å². The molecule has 0 aliphatic rings. The van der Waals surface area contributed by atoms with E-state index in [4.69, 9.17) is 0 Å². The van der Waals surface area contributed by atoms with Gasteiger partial charge in [0.05, 0.1) is 6.54 Å². The van der Waals surface area contributed by atoms with Crippen LogP contribution in [0.15, 0.2) is 27.7 Å². The summed E-state index contributed by atoms with van der Waals surface area (Å²) in [7, 11) is 0. The molecule has 92 valence electrons. The van der Waals surface area contributed by atoms with Gasteiger partial charge >= 0.3 is 6.03 Å². The first-order valence-electron chi connectivity index (χ1n) is 5.10. The fourth-order valence-corrected chi connectivity index (χ4v) is 1.67. The highest BCUT2D eigenvalue weighted by atomic mass is 79.9. The van der Waals surface area contributed by atoms with E-state index in [1.807, 2.05) is 32.0 Å². The van der Waals surface area contributed by atoms with Gasteiger partial charge in [0.2, 0.25) is 0 Å². The average molecular weight is 362 g/mol. The van der Waals surface area contributed by atoms with Crippen molar-refractivity contribution in [1.29, 1.82) is 0 Å². The van der Waals surface area contributed by atoms with Crippen molar-refractivity contribution < 1.29 is 4.79 Å². The van der Waals surface area contributed by atoms with Crippen LogP contribution in [0.3, 0.4) is 0 Å². The smallest absolute Gasteiger partial charge is 0.319 e. The van der Waals surface area contributed by atoms with Crippen molar-refractivity contribution in [2.75, 3.05) is 11.9 Å². The molecule has 1 rings (SSSR count). The number of hydrogen-bond donors (Lipinski definition) is 2. The van der Waals surface area contributed by atoms with Gasteiger partial charge in [0.1, 0.15) is 0 Å². The highest BCUT2D eigenvalue weighted by Crippen LogP contribution is 2.19. The number of benzene rings is 1. The number of rotatable bonds is 3. The Kier molecular flexibility index (Phi) is 5.71. The Morgan fingerprint density at radius 3 is 2.47 bits per heavy atom. The maximum Gasteiger partial charge on any atom is 0.319 e. The monoisotopic (exact) mass is 360 g/mol. The molecule has 0 radical (unpaired) electrons. The zero-order valence-corrected chi connectivity index (χ0v) is 12.9. The first-order valence-corrected chi connectivity index (χ1v) is 6.81. The Hall–Kier alpha value is -0.810. The number of anilines is 1. The standard InChI is InChI=1S/C12H14Br2N2O/c1-8-4-3-5-9(2)11(8)16-12(17)15-7-10(14)6-13/h3-6H,7H2,1-2H3,(H2,15,16,17)/b10-6-. The van der Waals surface area contributed by atoms with E-state index in [1.165, 1.54) is 0 Å². The number of urea groups is 1. The summed E-state index contributed by atoms with van der Waals surface area (Å²) >= 11 is 6.47. The molecule has 0 aliphatic heterocycles. The van der Waals surface area contributed by atoms with Crippen molar-refractivity contribution in [2.45, 2.75) is 13.8 Å². The fourth-order valence-electron chi connectivity index (χ4n) is 1.37. The average Bonchev–Trinajstić information content (AvgIpc) is 2.31. The number of nitrogens with one attached hydrogen (secondary N) is 2. The van der Waals surface area contributed by atoms with E-state index in [9.17, 15) is 4.79 Å². The highest BCUT2D eigenvalue weighted by molar-refractivity contribution is 9.14. The molecule has 0 bridgehead atoms. The molecule has 1 aromatic rings. The van der Waals surface area contributed by atoms with Gasteiger partial charge in [-0.05, 0) is 30.0 Å². The number of para-hydroxylation sites is 1. The summed E-state index contributed by atoms with van der Waals surface area (Å²) < 4.78 is 0.870. The highest BCUT2D eigenvalue weighted by Gasteiger charge is 2.06. The summed E-state index contributed by atoms with van der Waals surface area (Å²) in [6, 6.07) is 5.69. The second-order valence-corrected chi connectivity index (χ2v) is 5.11. The molecule has 0 aliphatic carbocycles. The Balaban J connectivity index is 2.62. The molecule has 0 unspecified atom stereocenters. The second-order valence-electron chi connectivity index (χ2n) is 3.63. The van der Waals surface area contributed by atoms with Crippen LogP contribution in [0.5, 0.6) is 0 Å². The Morgan fingerprint density at radius 1 is 1.35 bits per heavy atom. The third-order valence-electron chi connectivity index (χ3n) is 2.26. The van der Waals surface area contributed by atoms with Gasteiger partial charge in [0, 0.05) is 10.2 Å². The van der Waals surface area contributed by atoms with Crippen molar-refractivity contribution in [1.82, 2.24) is 5.32 Å². The lowest BCUT2D eigenvalue weighted by Gasteiger charge is -2.12. The summed E-state index contributed by atoms with van der Waals surface area (Å²) in [6.45, 7) is 4.38. The van der Waals surface area contributed by atoms with Crippen LogP contribution in [0.2, 0.25) is 0 Å². The van der Waals surface area contributed by atoms with E-state index < -0.39 is 0 Å². The van der Waals surface area contributed by atoms with Gasteiger partial charge in [-0.25, -0.2) is 4.79 Å². The molecular weight excluding hydrogens is 348 g/mol. The molecule has 2 N–H and O–H groups in total. The minimum atomic E-state index is -0.214. The third kappa shape index (κ3) is 4.52. The van der Waals surface area contributed by atoms with E-state index in [1.54, 1.807) is 4.99 Å². The summed E-state index contributed by atoms with van der Waals surface area (Å²) in [4.78, 5) is 13.4. The minimum absolute atomic E-state index is 0.214. The topological polar surface area (TPSA) is 41.1 Å². The fraction of sp³-hybridized carbons (Fsp3) is 0.250. The molecule has 2 amide bonds. The summed E-state index contributed by atoms with van der Waals surface area (Å²) in [5, 5.41) is 5.59. The summed E-state index contributed by atoms with van der Waals surface area (Å²) in [6.07, 6.45) is 0. The molecule has 0 fully saturated rings. The van der Waals surface area contributed by atoms with Crippen LogP contribution in [0.25, 0.3) is 0 Å². The molecule has 0 saturated heterocycles. The number of amides is 2. The maximum absolute atomic E-state index is 11.7. The van der Waals surface area contributed by atoms with Gasteiger partial charge in [-0.15, -0.1) is 0 Å². The SMILES string of the molecule is Cc1cccc(C)c1NC(=O)NC/C(Br)=C/Br. The lowest BCUT2D eigenvalue weighted by atomic mass is 10.1. The second kappa shape index (κ2) is 6.81. The zero-order chi connectivity index (χ0) is 12.8. The predicted octanol–water partition coefficient (Wildman–Crippen LogP) is 4.06. The summed E-state index contributed by atoms with van der Waals surface area (Å²) in [5.74, 6) is 0. The van der Waals surface area contributed by atoms with Gasteiger partial charge in [-0.3, -0.25) is 0 Å². The number of carbonyl (C=O) groups excluding carboxylic acids is 1. The lowest BCUT2D eigenvalue weighted by molar-refractivity contribution is 0.253. The molecule has 17 heavy (non-hydrogen) atoms. The van der Waals surface area contributed by atoms with Crippen LogP contribution in [0, 0.1) is 13.8 Å². The largest absolute Gasteiger partial charge is 0.333 e. The van der Waals surface area contributed by atoms with Crippen molar-refractivity contribution in [3.05, 3.63) is 38.8 Å². The van der Waals surface area contributed by atoms with Gasteiger partial charge < -0.3 is 10.6 Å². The van der Waals surface area contributed by atoms with E-state index >= 15 is 0 Å².